The summed E-state index contributed by atoms with van der Waals surface area (Å²) in [5.74, 6) is 0.859. The van der Waals surface area contributed by atoms with E-state index in [0.717, 1.165) is 23.6 Å². The van der Waals surface area contributed by atoms with Gasteiger partial charge in [0, 0.05) is 5.02 Å². The van der Waals surface area contributed by atoms with E-state index in [1.165, 1.54) is 22.3 Å². The number of nitrogens with zero attached hydrogens (tertiary/aromatic N) is 2. The minimum Gasteiger partial charge on any atom is -0.497 e. The van der Waals surface area contributed by atoms with Crippen LogP contribution in [0.2, 0.25) is 5.02 Å². The number of hydrogen-bond acceptors (Lipinski definition) is 3. The molecule has 2 aromatic carbocycles. The van der Waals surface area contributed by atoms with Gasteiger partial charge in [0.1, 0.15) is 5.75 Å². The maximum atomic E-state index is 6.06. The van der Waals surface area contributed by atoms with Crippen LogP contribution in [0, 0.1) is 0 Å². The predicted octanol–water partition coefficient (Wildman–Crippen LogP) is 5.15. The van der Waals surface area contributed by atoms with Crippen LogP contribution in [0.25, 0.3) is 5.57 Å². The number of fused-ring (bicyclic) bond motifs is 2. The van der Waals surface area contributed by atoms with Crippen LogP contribution in [0.5, 0.6) is 5.75 Å². The van der Waals surface area contributed by atoms with E-state index < -0.39 is 0 Å². The van der Waals surface area contributed by atoms with Gasteiger partial charge in [0.25, 0.3) is 0 Å². The molecular formula is C19H17ClN2O. The second-order valence-electron chi connectivity index (χ2n) is 5.91. The lowest BCUT2D eigenvalue weighted by molar-refractivity contribution is 0.415. The zero-order chi connectivity index (χ0) is 15.8. The molecule has 1 heterocycles. The first-order valence-electron chi connectivity index (χ1n) is 7.80. The summed E-state index contributed by atoms with van der Waals surface area (Å²) in [7, 11) is 1.68. The van der Waals surface area contributed by atoms with Gasteiger partial charge in [-0.2, -0.15) is 10.2 Å². The smallest absolute Gasteiger partial charge is 0.118 e. The Hall–Kier alpha value is -2.13. The summed E-state index contributed by atoms with van der Waals surface area (Å²) in [6.07, 6.45) is 2.19. The van der Waals surface area contributed by atoms with Gasteiger partial charge < -0.3 is 4.74 Å². The molecule has 2 aliphatic rings. The van der Waals surface area contributed by atoms with Crippen molar-refractivity contribution >= 4 is 17.2 Å². The number of halogens is 1. The highest BCUT2D eigenvalue weighted by atomic mass is 35.5. The fourth-order valence-corrected chi connectivity index (χ4v) is 3.58. The van der Waals surface area contributed by atoms with Gasteiger partial charge in [-0.05, 0) is 59.4 Å². The second-order valence-corrected chi connectivity index (χ2v) is 6.34. The largest absolute Gasteiger partial charge is 0.497 e. The van der Waals surface area contributed by atoms with Gasteiger partial charge in [0.2, 0.25) is 0 Å². The van der Waals surface area contributed by atoms with Gasteiger partial charge in [-0.1, -0.05) is 35.9 Å². The molecule has 1 saturated carbocycles. The van der Waals surface area contributed by atoms with Gasteiger partial charge in [-0.25, -0.2) is 0 Å². The van der Waals surface area contributed by atoms with Crippen molar-refractivity contribution in [3.05, 3.63) is 70.3 Å². The summed E-state index contributed by atoms with van der Waals surface area (Å²) in [4.78, 5) is 0. The number of azo groups is 1. The fraction of sp³-hybridized carbons (Fsp3) is 0.263. The van der Waals surface area contributed by atoms with Gasteiger partial charge in [-0.15, -0.1) is 0 Å². The van der Waals surface area contributed by atoms with E-state index in [-0.39, 0.29) is 12.1 Å². The molecule has 2 aromatic rings. The summed E-state index contributed by atoms with van der Waals surface area (Å²) in [6, 6.07) is 16.7. The van der Waals surface area contributed by atoms with Crippen molar-refractivity contribution < 1.29 is 4.74 Å². The van der Waals surface area contributed by atoms with Crippen LogP contribution in [-0.4, -0.2) is 19.2 Å². The van der Waals surface area contributed by atoms with E-state index in [1.807, 2.05) is 24.3 Å². The summed E-state index contributed by atoms with van der Waals surface area (Å²) >= 11 is 6.06. The average molecular weight is 325 g/mol. The van der Waals surface area contributed by atoms with Crippen LogP contribution in [0.1, 0.15) is 24.0 Å². The number of ether oxygens (including phenoxy) is 1. The quantitative estimate of drug-likeness (QED) is 0.769. The molecule has 0 amide bonds. The highest BCUT2D eigenvalue weighted by Gasteiger charge is 2.38. The molecule has 0 saturated heterocycles. The van der Waals surface area contributed by atoms with E-state index in [9.17, 15) is 0 Å². The molecule has 1 fully saturated rings. The molecule has 0 spiro atoms. The molecule has 1 aliphatic heterocycles. The fourth-order valence-electron chi connectivity index (χ4n) is 3.46. The topological polar surface area (TPSA) is 34.0 Å². The normalized spacial score (nSPS) is 21.7. The first-order valence-corrected chi connectivity index (χ1v) is 8.18. The third kappa shape index (κ3) is 2.55. The molecule has 2 unspecified atom stereocenters. The summed E-state index contributed by atoms with van der Waals surface area (Å²) in [6.45, 7) is 0. The molecule has 0 radical (unpaired) electrons. The number of rotatable bonds is 3. The molecule has 4 rings (SSSR count). The molecule has 0 N–H and O–H groups in total. The Kier molecular flexibility index (Phi) is 3.66. The monoisotopic (exact) mass is 324 g/mol. The molecule has 23 heavy (non-hydrogen) atoms. The first-order chi connectivity index (χ1) is 11.3. The van der Waals surface area contributed by atoms with Crippen LogP contribution in [0.4, 0.5) is 0 Å². The number of methoxy groups -OCH3 is 1. The van der Waals surface area contributed by atoms with Gasteiger partial charge in [-0.3, -0.25) is 0 Å². The zero-order valence-corrected chi connectivity index (χ0v) is 13.6. The Morgan fingerprint density at radius 2 is 1.43 bits per heavy atom. The van der Waals surface area contributed by atoms with Gasteiger partial charge in [0.15, 0.2) is 0 Å². The van der Waals surface area contributed by atoms with E-state index in [2.05, 4.69) is 34.5 Å². The number of hydrogen-bond donors (Lipinski definition) is 0. The van der Waals surface area contributed by atoms with Crippen molar-refractivity contribution in [3.8, 4) is 5.75 Å². The molecule has 4 heteroatoms. The van der Waals surface area contributed by atoms with Crippen LogP contribution < -0.4 is 4.74 Å². The third-order valence-electron chi connectivity index (χ3n) is 4.58. The first kappa shape index (κ1) is 14.5. The van der Waals surface area contributed by atoms with Crippen LogP contribution >= 0.6 is 11.6 Å². The maximum absolute atomic E-state index is 6.06. The molecular weight excluding hydrogens is 308 g/mol. The van der Waals surface area contributed by atoms with E-state index in [0.29, 0.717) is 0 Å². The number of benzene rings is 2. The molecule has 2 bridgehead atoms. The average Bonchev–Trinajstić information content (AvgIpc) is 3.18. The lowest BCUT2D eigenvalue weighted by Crippen LogP contribution is -2.05. The van der Waals surface area contributed by atoms with E-state index >= 15 is 0 Å². The van der Waals surface area contributed by atoms with Crippen LogP contribution in [-0.2, 0) is 0 Å². The van der Waals surface area contributed by atoms with Crippen molar-refractivity contribution in [2.75, 3.05) is 7.11 Å². The lowest BCUT2D eigenvalue weighted by atomic mass is 9.90. The Morgan fingerprint density at radius 1 is 0.913 bits per heavy atom. The second kappa shape index (κ2) is 5.82. The van der Waals surface area contributed by atoms with Crippen molar-refractivity contribution in [1.82, 2.24) is 0 Å². The van der Waals surface area contributed by atoms with Crippen LogP contribution in [0.15, 0.2) is 64.3 Å². The van der Waals surface area contributed by atoms with Crippen molar-refractivity contribution in [1.29, 1.82) is 0 Å². The zero-order valence-electron chi connectivity index (χ0n) is 12.9. The van der Waals surface area contributed by atoms with E-state index in [4.69, 9.17) is 16.3 Å². The van der Waals surface area contributed by atoms with Crippen molar-refractivity contribution in [3.63, 3.8) is 0 Å². The van der Waals surface area contributed by atoms with Gasteiger partial charge >= 0.3 is 0 Å². The minimum atomic E-state index is 0.229. The highest BCUT2D eigenvalue weighted by Crippen LogP contribution is 2.43. The summed E-state index contributed by atoms with van der Waals surface area (Å²) < 4.78 is 5.28. The molecule has 3 nitrogen and oxygen atoms in total. The molecule has 116 valence electrons. The molecule has 2 atom stereocenters. The van der Waals surface area contributed by atoms with Crippen LogP contribution in [0.3, 0.4) is 0 Å². The molecule has 0 aromatic heterocycles. The van der Waals surface area contributed by atoms with Crippen molar-refractivity contribution in [2.24, 2.45) is 10.2 Å². The molecule has 1 aliphatic carbocycles. The Balaban J connectivity index is 1.87. The predicted molar refractivity (Wildman–Crippen MR) is 92.1 cm³/mol. The third-order valence-corrected chi connectivity index (χ3v) is 4.83. The minimum absolute atomic E-state index is 0.229. The van der Waals surface area contributed by atoms with E-state index in [1.54, 1.807) is 7.11 Å². The summed E-state index contributed by atoms with van der Waals surface area (Å²) in [5.41, 5.74) is 4.92. The Labute approximate surface area is 140 Å². The summed E-state index contributed by atoms with van der Waals surface area (Å²) in [5, 5.41) is 9.60. The Bertz CT molecular complexity index is 762. The SMILES string of the molecule is COc1ccc(C(=C2C3CCC2N=N3)c2ccc(Cl)cc2)cc1. The lowest BCUT2D eigenvalue weighted by Gasteiger charge is -2.15. The maximum Gasteiger partial charge on any atom is 0.118 e. The standard InChI is InChI=1S/C19H17ClN2O/c1-23-15-8-4-13(5-9-15)18(12-2-6-14(20)7-3-12)19-16-10-11-17(19)22-21-16/h2-9,16-17H,10-11H2,1H3. The van der Waals surface area contributed by atoms with Gasteiger partial charge in [0.05, 0.1) is 19.2 Å². The highest BCUT2D eigenvalue weighted by molar-refractivity contribution is 6.30. The Morgan fingerprint density at radius 3 is 1.91 bits per heavy atom. The van der Waals surface area contributed by atoms with Crippen molar-refractivity contribution in [2.45, 2.75) is 24.9 Å².